The Labute approximate surface area is 182 Å². The first kappa shape index (κ1) is 21.6. The Kier molecular flexibility index (Phi) is 5.44. The molecule has 4 amide bonds. The van der Waals surface area contributed by atoms with Crippen molar-refractivity contribution in [3.63, 3.8) is 0 Å². The van der Waals surface area contributed by atoms with Gasteiger partial charge in [-0.2, -0.15) is 5.26 Å². The highest BCUT2D eigenvalue weighted by Crippen LogP contribution is 2.65. The molecule has 9 nitrogen and oxygen atoms in total. The smallest absolute Gasteiger partial charge is 0.246 e. The van der Waals surface area contributed by atoms with Crippen LogP contribution in [0.15, 0.2) is 0 Å². The molecule has 3 saturated heterocycles. The summed E-state index contributed by atoms with van der Waals surface area (Å²) in [4.78, 5) is 53.7. The van der Waals surface area contributed by atoms with Crippen molar-refractivity contribution >= 4 is 23.6 Å². The number of nitrogens with zero attached hydrogens (tertiary/aromatic N) is 3. The highest BCUT2D eigenvalue weighted by molar-refractivity contribution is 5.93. The number of hydrogen-bond donors (Lipinski definition) is 2. The number of carbonyl (C=O) groups excluding carboxylic acids is 4. The van der Waals surface area contributed by atoms with Crippen LogP contribution >= 0.6 is 0 Å². The van der Waals surface area contributed by atoms with E-state index >= 15 is 0 Å². The summed E-state index contributed by atoms with van der Waals surface area (Å²) in [5.41, 5.74) is -0.0395. The van der Waals surface area contributed by atoms with Gasteiger partial charge in [0.2, 0.25) is 23.6 Å². The molecule has 1 aliphatic carbocycles. The zero-order chi connectivity index (χ0) is 22.5. The SMILES string of the molecule is CC(=O)N1CCC[C@H]1C(=O)N1C[C@H]2[C@@H]([C@H]1C(=O)N[C@H](C#N)C[C@@H]1CCNC1=O)C2(C)C. The van der Waals surface area contributed by atoms with Crippen molar-refractivity contribution in [3.05, 3.63) is 0 Å². The predicted molar refractivity (Wildman–Crippen MR) is 110 cm³/mol. The molecule has 2 N–H and O–H groups in total. The van der Waals surface area contributed by atoms with Crippen molar-refractivity contribution < 1.29 is 19.2 Å². The van der Waals surface area contributed by atoms with E-state index in [4.69, 9.17) is 0 Å². The van der Waals surface area contributed by atoms with Gasteiger partial charge >= 0.3 is 0 Å². The standard InChI is InChI=1S/C22H31N5O4/c1-12(28)26-8-4-5-16(26)21(31)27-11-15-17(22(15,2)3)18(27)20(30)25-14(10-23)9-13-6-7-24-19(13)29/h13-18H,4-9,11H2,1-3H3,(H,24,29)(H,25,30)/t13-,14-,15-,16-,17-,18-/m0/s1. The molecule has 4 aliphatic rings. The minimum absolute atomic E-state index is 0.0395. The van der Waals surface area contributed by atoms with Gasteiger partial charge in [-0.1, -0.05) is 13.8 Å². The minimum atomic E-state index is -0.778. The first-order valence-electron chi connectivity index (χ1n) is 11.2. The van der Waals surface area contributed by atoms with Crippen LogP contribution in [-0.4, -0.2) is 71.2 Å². The molecular formula is C22H31N5O4. The molecule has 0 aromatic carbocycles. The topological polar surface area (TPSA) is 123 Å². The molecule has 0 radical (unpaired) electrons. The van der Waals surface area contributed by atoms with Crippen molar-refractivity contribution in [1.29, 1.82) is 5.26 Å². The van der Waals surface area contributed by atoms with Crippen molar-refractivity contribution in [1.82, 2.24) is 20.4 Å². The van der Waals surface area contributed by atoms with Gasteiger partial charge in [-0.25, -0.2) is 0 Å². The number of hydrogen-bond acceptors (Lipinski definition) is 5. The van der Waals surface area contributed by atoms with Gasteiger partial charge in [0.05, 0.1) is 6.07 Å². The average molecular weight is 430 g/mol. The third kappa shape index (κ3) is 3.66. The molecule has 168 valence electrons. The summed E-state index contributed by atoms with van der Waals surface area (Å²) >= 11 is 0. The Hall–Kier alpha value is -2.63. The average Bonchev–Trinajstić information content (AvgIpc) is 3.26. The summed E-state index contributed by atoms with van der Waals surface area (Å²) < 4.78 is 0. The Morgan fingerprint density at radius 2 is 2.03 bits per heavy atom. The fraction of sp³-hybridized carbons (Fsp3) is 0.773. The first-order chi connectivity index (χ1) is 14.7. The minimum Gasteiger partial charge on any atom is -0.356 e. The van der Waals surface area contributed by atoms with E-state index < -0.39 is 18.1 Å². The second kappa shape index (κ2) is 7.81. The summed E-state index contributed by atoms with van der Waals surface area (Å²) in [6.45, 7) is 7.33. The number of rotatable bonds is 5. The van der Waals surface area contributed by atoms with Crippen LogP contribution < -0.4 is 10.6 Å². The second-order valence-corrected chi connectivity index (χ2v) is 9.96. The number of carbonyl (C=O) groups is 4. The summed E-state index contributed by atoms with van der Waals surface area (Å²) in [5.74, 6) is -0.706. The summed E-state index contributed by atoms with van der Waals surface area (Å²) in [5, 5.41) is 15.1. The molecule has 0 unspecified atom stereocenters. The Morgan fingerprint density at radius 3 is 2.65 bits per heavy atom. The molecule has 1 saturated carbocycles. The van der Waals surface area contributed by atoms with Crippen LogP contribution in [0.1, 0.15) is 46.5 Å². The largest absolute Gasteiger partial charge is 0.356 e. The van der Waals surface area contributed by atoms with Crippen molar-refractivity contribution in [2.75, 3.05) is 19.6 Å². The number of amides is 4. The molecule has 0 aromatic rings. The molecule has 0 aromatic heterocycles. The quantitative estimate of drug-likeness (QED) is 0.638. The van der Waals surface area contributed by atoms with Gasteiger partial charge in [0, 0.05) is 32.5 Å². The lowest BCUT2D eigenvalue weighted by molar-refractivity contribution is -0.147. The number of piperidine rings is 1. The highest BCUT2D eigenvalue weighted by Gasteiger charge is 2.69. The van der Waals surface area contributed by atoms with Gasteiger partial charge in [-0.05, 0) is 42.9 Å². The van der Waals surface area contributed by atoms with Gasteiger partial charge in [-0.3, -0.25) is 19.2 Å². The summed E-state index contributed by atoms with van der Waals surface area (Å²) in [6, 6.07) is 0.173. The van der Waals surface area contributed by atoms with Gasteiger partial charge in [-0.15, -0.1) is 0 Å². The summed E-state index contributed by atoms with van der Waals surface area (Å²) in [6.07, 6.45) is 2.31. The van der Waals surface area contributed by atoms with E-state index in [9.17, 15) is 24.4 Å². The predicted octanol–water partition coefficient (Wildman–Crippen LogP) is 0.0149. The van der Waals surface area contributed by atoms with E-state index in [1.807, 2.05) is 0 Å². The van der Waals surface area contributed by atoms with Gasteiger partial charge in [0.15, 0.2) is 0 Å². The van der Waals surface area contributed by atoms with E-state index in [0.29, 0.717) is 32.5 Å². The summed E-state index contributed by atoms with van der Waals surface area (Å²) in [7, 11) is 0. The fourth-order valence-electron chi connectivity index (χ4n) is 5.96. The number of likely N-dealkylation sites (tertiary alicyclic amines) is 2. The third-order valence-corrected chi connectivity index (χ3v) is 7.86. The maximum atomic E-state index is 13.4. The molecule has 6 atom stereocenters. The third-order valence-electron chi connectivity index (χ3n) is 7.86. The maximum absolute atomic E-state index is 13.4. The van der Waals surface area contributed by atoms with Crippen LogP contribution in [0.4, 0.5) is 0 Å². The molecule has 4 fully saturated rings. The molecule has 4 rings (SSSR count). The number of nitrogens with one attached hydrogen (secondary N) is 2. The molecule has 9 heteroatoms. The lowest BCUT2D eigenvalue weighted by atomic mass is 9.97. The Balaban J connectivity index is 1.48. The second-order valence-electron chi connectivity index (χ2n) is 9.96. The van der Waals surface area contributed by atoms with Crippen molar-refractivity contribution in [2.24, 2.45) is 23.2 Å². The zero-order valence-corrected chi connectivity index (χ0v) is 18.4. The monoisotopic (exact) mass is 429 g/mol. The van der Waals surface area contributed by atoms with Gasteiger partial charge in [0.25, 0.3) is 0 Å². The maximum Gasteiger partial charge on any atom is 0.246 e. The van der Waals surface area contributed by atoms with Gasteiger partial charge < -0.3 is 20.4 Å². The molecular weight excluding hydrogens is 398 g/mol. The molecule has 3 heterocycles. The fourth-order valence-corrected chi connectivity index (χ4v) is 5.96. The molecule has 3 aliphatic heterocycles. The highest BCUT2D eigenvalue weighted by atomic mass is 16.2. The number of nitriles is 1. The molecule has 31 heavy (non-hydrogen) atoms. The molecule has 0 bridgehead atoms. The zero-order valence-electron chi connectivity index (χ0n) is 18.4. The van der Waals surface area contributed by atoms with E-state index in [1.165, 1.54) is 6.92 Å². The number of fused-ring (bicyclic) bond motifs is 1. The van der Waals surface area contributed by atoms with E-state index in [1.54, 1.807) is 9.80 Å². The van der Waals surface area contributed by atoms with Gasteiger partial charge in [0.1, 0.15) is 18.1 Å². The lowest BCUT2D eigenvalue weighted by Crippen LogP contribution is -2.56. The normalized spacial score (nSPS) is 34.0. The lowest BCUT2D eigenvalue weighted by Gasteiger charge is -2.34. The van der Waals surface area contributed by atoms with Crippen LogP contribution in [0, 0.1) is 34.5 Å². The first-order valence-corrected chi connectivity index (χ1v) is 11.2. The van der Waals surface area contributed by atoms with Crippen LogP contribution in [0.3, 0.4) is 0 Å². The van der Waals surface area contributed by atoms with Crippen LogP contribution in [0.25, 0.3) is 0 Å². The Bertz CT molecular complexity index is 849. The van der Waals surface area contributed by atoms with Crippen LogP contribution in [0.2, 0.25) is 0 Å². The van der Waals surface area contributed by atoms with E-state index in [0.717, 1.165) is 6.42 Å². The van der Waals surface area contributed by atoms with Crippen LogP contribution in [0.5, 0.6) is 0 Å². The van der Waals surface area contributed by atoms with Crippen molar-refractivity contribution in [3.8, 4) is 6.07 Å². The molecule has 0 spiro atoms. The van der Waals surface area contributed by atoms with Crippen LogP contribution in [-0.2, 0) is 19.2 Å². The van der Waals surface area contributed by atoms with Crippen molar-refractivity contribution in [2.45, 2.75) is 64.6 Å². The van der Waals surface area contributed by atoms with E-state index in [-0.39, 0.29) is 53.2 Å². The van der Waals surface area contributed by atoms with E-state index in [2.05, 4.69) is 30.6 Å². The Morgan fingerprint density at radius 1 is 1.29 bits per heavy atom.